The number of hydrogen-bond donors (Lipinski definition) is 0. The van der Waals surface area contributed by atoms with Crippen molar-refractivity contribution in [2.24, 2.45) is 4.99 Å². The molecule has 0 radical (unpaired) electrons. The molecule has 8 heteroatoms. The van der Waals surface area contributed by atoms with Gasteiger partial charge in [-0.2, -0.15) is 13.2 Å². The van der Waals surface area contributed by atoms with Crippen LogP contribution in [-0.2, 0) is 4.74 Å². The van der Waals surface area contributed by atoms with Gasteiger partial charge in [0.25, 0.3) is 0 Å². The number of rotatable bonds is 4. The van der Waals surface area contributed by atoms with E-state index < -0.39 is 23.5 Å². The molecule has 0 spiro atoms. The molecule has 0 bridgehead atoms. The van der Waals surface area contributed by atoms with Gasteiger partial charge in [0.1, 0.15) is 12.2 Å². The number of nitrogens with zero attached hydrogens (tertiary/aromatic N) is 3. The number of aromatic nitrogens is 2. The van der Waals surface area contributed by atoms with Gasteiger partial charge in [0.2, 0.25) is 5.88 Å². The van der Waals surface area contributed by atoms with Gasteiger partial charge >= 0.3 is 6.18 Å². The zero-order chi connectivity index (χ0) is 15.3. The summed E-state index contributed by atoms with van der Waals surface area (Å²) in [6.07, 6.45) is -2.35. The number of hydrogen-bond acceptors (Lipinski definition) is 4. The molecule has 0 aliphatic carbocycles. The number of alkyl halides is 3. The van der Waals surface area contributed by atoms with Gasteiger partial charge in [-0.15, -0.1) is 0 Å². The number of ether oxygens (including phenoxy) is 1. The Balaban J connectivity index is 3.35. The van der Waals surface area contributed by atoms with E-state index in [-0.39, 0.29) is 5.71 Å². The highest BCUT2D eigenvalue weighted by molar-refractivity contribution is 5.97. The molecule has 1 aromatic rings. The van der Waals surface area contributed by atoms with Crippen molar-refractivity contribution in [1.29, 1.82) is 0 Å². The van der Waals surface area contributed by atoms with E-state index in [0.29, 0.717) is 5.69 Å². The standard InChI is InChI=1S/C12H11F4N3O/c1-7(13)10(12(14,15)16)11(20-3)19-8(2)9-4-5-17-6-18-9/h4-6H,1H2,2-3H3/b11-10-,19-8+. The van der Waals surface area contributed by atoms with Gasteiger partial charge in [0.15, 0.2) is 5.57 Å². The molecule has 0 amide bonds. The Bertz CT molecular complexity index is 550. The first-order valence-electron chi connectivity index (χ1n) is 5.29. The van der Waals surface area contributed by atoms with Gasteiger partial charge < -0.3 is 4.74 Å². The van der Waals surface area contributed by atoms with Crippen LogP contribution in [0.5, 0.6) is 0 Å². The smallest absolute Gasteiger partial charge is 0.424 e. The molecular formula is C12H11F4N3O. The highest BCUT2D eigenvalue weighted by atomic mass is 19.4. The van der Waals surface area contributed by atoms with Crippen molar-refractivity contribution in [2.45, 2.75) is 13.1 Å². The summed E-state index contributed by atoms with van der Waals surface area (Å²) in [5.41, 5.74) is -1.25. The van der Waals surface area contributed by atoms with Gasteiger partial charge in [-0.05, 0) is 13.0 Å². The van der Waals surface area contributed by atoms with E-state index in [4.69, 9.17) is 0 Å². The maximum absolute atomic E-state index is 13.0. The summed E-state index contributed by atoms with van der Waals surface area (Å²) in [6, 6.07) is 1.45. The number of allylic oxidation sites excluding steroid dienone is 2. The van der Waals surface area contributed by atoms with Crippen molar-refractivity contribution in [3.05, 3.63) is 48.1 Å². The van der Waals surface area contributed by atoms with Crippen molar-refractivity contribution in [2.75, 3.05) is 7.11 Å². The van der Waals surface area contributed by atoms with Crippen molar-refractivity contribution in [3.8, 4) is 0 Å². The zero-order valence-electron chi connectivity index (χ0n) is 10.7. The van der Waals surface area contributed by atoms with E-state index in [1.807, 2.05) is 0 Å². The minimum atomic E-state index is -4.97. The Hall–Kier alpha value is -2.25. The Labute approximate surface area is 112 Å². The summed E-state index contributed by atoms with van der Waals surface area (Å²) < 4.78 is 55.7. The fourth-order valence-corrected chi connectivity index (χ4v) is 1.31. The summed E-state index contributed by atoms with van der Waals surface area (Å²) in [4.78, 5) is 11.1. The van der Waals surface area contributed by atoms with E-state index in [0.717, 1.165) is 7.11 Å². The summed E-state index contributed by atoms with van der Waals surface area (Å²) >= 11 is 0. The normalized spacial score (nSPS) is 13.8. The Morgan fingerprint density at radius 3 is 2.45 bits per heavy atom. The summed E-state index contributed by atoms with van der Waals surface area (Å²) in [7, 11) is 0.959. The lowest BCUT2D eigenvalue weighted by molar-refractivity contribution is -0.0943. The molecule has 4 nitrogen and oxygen atoms in total. The van der Waals surface area contributed by atoms with Gasteiger partial charge in [0, 0.05) is 6.20 Å². The minimum absolute atomic E-state index is 0.118. The molecule has 0 aliphatic heterocycles. The molecule has 0 aliphatic rings. The predicted octanol–water partition coefficient (Wildman–Crippen LogP) is 3.19. The fourth-order valence-electron chi connectivity index (χ4n) is 1.31. The Morgan fingerprint density at radius 2 is 2.05 bits per heavy atom. The number of aliphatic imine (C=N–C) groups is 1. The van der Waals surface area contributed by atoms with E-state index in [1.54, 1.807) is 0 Å². The molecule has 0 aromatic carbocycles. The molecule has 108 valence electrons. The molecule has 0 atom stereocenters. The molecule has 1 heterocycles. The molecule has 1 rings (SSSR count). The first-order valence-corrected chi connectivity index (χ1v) is 5.29. The van der Waals surface area contributed by atoms with Crippen LogP contribution < -0.4 is 0 Å². The van der Waals surface area contributed by atoms with Gasteiger partial charge in [0.05, 0.1) is 18.5 Å². The van der Waals surface area contributed by atoms with Crippen LogP contribution in [0.1, 0.15) is 12.6 Å². The molecule has 0 saturated heterocycles. The molecule has 0 saturated carbocycles. The lowest BCUT2D eigenvalue weighted by Crippen LogP contribution is -2.16. The highest BCUT2D eigenvalue weighted by Gasteiger charge is 2.40. The Kier molecular flexibility index (Phi) is 4.95. The van der Waals surface area contributed by atoms with Crippen LogP contribution in [0.15, 0.2) is 47.4 Å². The topological polar surface area (TPSA) is 47.4 Å². The lowest BCUT2D eigenvalue weighted by Gasteiger charge is -2.12. The largest absolute Gasteiger partial charge is 0.480 e. The van der Waals surface area contributed by atoms with Gasteiger partial charge in [-0.3, -0.25) is 0 Å². The third-order valence-electron chi connectivity index (χ3n) is 2.18. The molecular weight excluding hydrogens is 278 g/mol. The zero-order valence-corrected chi connectivity index (χ0v) is 10.7. The molecule has 0 unspecified atom stereocenters. The monoisotopic (exact) mass is 289 g/mol. The molecule has 1 aromatic heterocycles. The van der Waals surface area contributed by atoms with Crippen LogP contribution >= 0.6 is 0 Å². The molecule has 0 fully saturated rings. The Morgan fingerprint density at radius 1 is 1.40 bits per heavy atom. The second-order valence-electron chi connectivity index (χ2n) is 3.58. The number of halogens is 4. The summed E-state index contributed by atoms with van der Waals surface area (Å²) in [5.74, 6) is -2.59. The number of methoxy groups -OCH3 is 1. The van der Waals surface area contributed by atoms with Crippen LogP contribution in [0, 0.1) is 0 Å². The average molecular weight is 289 g/mol. The first-order chi connectivity index (χ1) is 9.27. The van der Waals surface area contributed by atoms with Crippen LogP contribution in [0.3, 0.4) is 0 Å². The van der Waals surface area contributed by atoms with Crippen molar-refractivity contribution >= 4 is 5.71 Å². The summed E-state index contributed by atoms with van der Waals surface area (Å²) in [6.45, 7) is 4.06. The van der Waals surface area contributed by atoms with E-state index in [9.17, 15) is 17.6 Å². The van der Waals surface area contributed by atoms with Crippen LogP contribution in [0.2, 0.25) is 0 Å². The predicted molar refractivity (Wildman–Crippen MR) is 64.6 cm³/mol. The van der Waals surface area contributed by atoms with E-state index in [1.165, 1.54) is 25.5 Å². The van der Waals surface area contributed by atoms with Crippen molar-refractivity contribution in [1.82, 2.24) is 9.97 Å². The quantitative estimate of drug-likeness (QED) is 0.370. The summed E-state index contributed by atoms with van der Waals surface area (Å²) in [5, 5.41) is 0. The van der Waals surface area contributed by atoms with Gasteiger partial charge in [-0.25, -0.2) is 19.4 Å². The maximum Gasteiger partial charge on any atom is 0.424 e. The van der Waals surface area contributed by atoms with Gasteiger partial charge in [-0.1, -0.05) is 6.58 Å². The lowest BCUT2D eigenvalue weighted by atomic mass is 10.2. The third-order valence-corrected chi connectivity index (χ3v) is 2.18. The fraction of sp³-hybridized carbons (Fsp3) is 0.250. The second-order valence-corrected chi connectivity index (χ2v) is 3.58. The molecule has 0 N–H and O–H groups in total. The third kappa shape index (κ3) is 3.87. The second kappa shape index (κ2) is 6.27. The SMILES string of the molecule is C=C(F)/C(=C(\N=C(/C)c1ccncn1)OC)C(F)(F)F. The molecule has 20 heavy (non-hydrogen) atoms. The van der Waals surface area contributed by atoms with Crippen molar-refractivity contribution in [3.63, 3.8) is 0 Å². The van der Waals surface area contributed by atoms with Crippen LogP contribution in [-0.4, -0.2) is 29.0 Å². The average Bonchev–Trinajstić information content (AvgIpc) is 2.36. The van der Waals surface area contributed by atoms with Crippen molar-refractivity contribution < 1.29 is 22.3 Å². The maximum atomic E-state index is 13.0. The van der Waals surface area contributed by atoms with E-state index in [2.05, 4.69) is 26.3 Å². The van der Waals surface area contributed by atoms with E-state index >= 15 is 0 Å². The highest BCUT2D eigenvalue weighted by Crippen LogP contribution is 2.34. The minimum Gasteiger partial charge on any atom is -0.480 e. The van der Waals surface area contributed by atoms with Crippen LogP contribution in [0.25, 0.3) is 0 Å². The van der Waals surface area contributed by atoms with Crippen LogP contribution in [0.4, 0.5) is 17.6 Å². The first kappa shape index (κ1) is 15.8.